The van der Waals surface area contributed by atoms with Gasteiger partial charge in [0.15, 0.2) is 0 Å². The summed E-state index contributed by atoms with van der Waals surface area (Å²) in [6.45, 7) is 3.55. The van der Waals surface area contributed by atoms with Crippen molar-refractivity contribution in [3.8, 4) is 0 Å². The van der Waals surface area contributed by atoms with Crippen LogP contribution in [0.25, 0.3) is 0 Å². The second-order valence-corrected chi connectivity index (χ2v) is 2.73. The van der Waals surface area contributed by atoms with Gasteiger partial charge < -0.3 is 10.5 Å². The number of hydrogen-bond acceptors (Lipinski definition) is 3. The third kappa shape index (κ3) is 0.991. The van der Waals surface area contributed by atoms with E-state index in [9.17, 15) is 0 Å². The van der Waals surface area contributed by atoms with E-state index >= 15 is 0 Å². The summed E-state index contributed by atoms with van der Waals surface area (Å²) in [6.07, 6.45) is 0.133. The van der Waals surface area contributed by atoms with Crippen molar-refractivity contribution in [1.82, 2.24) is 9.78 Å². The van der Waals surface area contributed by atoms with Crippen molar-refractivity contribution in [3.05, 3.63) is 11.8 Å². The molecule has 0 spiro atoms. The Morgan fingerprint density at radius 1 is 1.82 bits per heavy atom. The van der Waals surface area contributed by atoms with Gasteiger partial charge in [-0.15, -0.1) is 0 Å². The number of ether oxygens (including phenoxy) is 1. The molecular formula is C7H11N3O. The smallest absolute Gasteiger partial charge is 0.145 e. The minimum Gasteiger partial charge on any atom is -0.382 e. The number of aromatic nitrogens is 2. The molecule has 0 fully saturated rings. The number of fused-ring (bicyclic) bond motifs is 1. The van der Waals surface area contributed by atoms with Gasteiger partial charge in [0.1, 0.15) is 5.82 Å². The van der Waals surface area contributed by atoms with Crippen molar-refractivity contribution in [2.45, 2.75) is 19.6 Å². The fraction of sp³-hybridized carbons (Fsp3) is 0.571. The summed E-state index contributed by atoms with van der Waals surface area (Å²) in [4.78, 5) is 0. The van der Waals surface area contributed by atoms with Crippen LogP contribution in [-0.4, -0.2) is 16.4 Å². The molecule has 0 radical (unpaired) electrons. The largest absolute Gasteiger partial charge is 0.382 e. The molecule has 0 unspecified atom stereocenters. The van der Waals surface area contributed by atoms with E-state index in [0.717, 1.165) is 18.8 Å². The lowest BCUT2D eigenvalue weighted by atomic mass is 10.2. The second-order valence-electron chi connectivity index (χ2n) is 2.73. The Morgan fingerprint density at radius 3 is 3.36 bits per heavy atom. The van der Waals surface area contributed by atoms with Gasteiger partial charge in [-0.25, -0.2) is 0 Å². The third-order valence-corrected chi connectivity index (χ3v) is 1.92. The zero-order chi connectivity index (χ0) is 7.84. The van der Waals surface area contributed by atoms with E-state index in [1.807, 2.05) is 17.7 Å². The maximum absolute atomic E-state index is 5.53. The van der Waals surface area contributed by atoms with Crippen molar-refractivity contribution in [1.29, 1.82) is 0 Å². The molecule has 0 saturated heterocycles. The molecule has 1 aliphatic rings. The number of hydrogen-bond donors (Lipinski definition) is 1. The molecule has 0 amide bonds. The average molecular weight is 153 g/mol. The molecule has 2 rings (SSSR count). The molecule has 4 heteroatoms. The van der Waals surface area contributed by atoms with Gasteiger partial charge in [-0.1, -0.05) is 0 Å². The normalized spacial score (nSPS) is 23.2. The molecule has 2 heterocycles. The Balaban J connectivity index is 2.43. The molecule has 0 bridgehead atoms. The standard InChI is InChI=1S/C7H11N3O/c1-5-6-4-7(8)9-10(6)2-3-11-5/h4-5H,2-3H2,1H3,(H2,8,9)/t5-/m0/s1. The lowest BCUT2D eigenvalue weighted by Crippen LogP contribution is -2.20. The fourth-order valence-corrected chi connectivity index (χ4v) is 1.36. The zero-order valence-electron chi connectivity index (χ0n) is 6.45. The van der Waals surface area contributed by atoms with Crippen LogP contribution in [-0.2, 0) is 11.3 Å². The molecular weight excluding hydrogens is 142 g/mol. The highest BCUT2D eigenvalue weighted by Crippen LogP contribution is 2.22. The van der Waals surface area contributed by atoms with Crippen LogP contribution in [0.3, 0.4) is 0 Å². The molecule has 11 heavy (non-hydrogen) atoms. The van der Waals surface area contributed by atoms with E-state index in [1.54, 1.807) is 0 Å². The SMILES string of the molecule is C[C@@H]1OCCn2nc(N)cc21. The second kappa shape index (κ2) is 2.23. The highest BCUT2D eigenvalue weighted by atomic mass is 16.5. The first kappa shape index (κ1) is 6.67. The summed E-state index contributed by atoms with van der Waals surface area (Å²) >= 11 is 0. The van der Waals surface area contributed by atoms with E-state index in [4.69, 9.17) is 10.5 Å². The highest BCUT2D eigenvalue weighted by molar-refractivity contribution is 5.30. The van der Waals surface area contributed by atoms with Crippen molar-refractivity contribution >= 4 is 5.82 Å². The Bertz CT molecular complexity index is 269. The first-order chi connectivity index (χ1) is 5.27. The predicted molar refractivity (Wildman–Crippen MR) is 41.0 cm³/mol. The maximum atomic E-state index is 5.53. The van der Waals surface area contributed by atoms with Gasteiger partial charge in [0.2, 0.25) is 0 Å². The quantitative estimate of drug-likeness (QED) is 0.592. The molecule has 0 saturated carbocycles. The number of rotatable bonds is 0. The van der Waals surface area contributed by atoms with E-state index in [0.29, 0.717) is 5.82 Å². The summed E-state index contributed by atoms with van der Waals surface area (Å²) < 4.78 is 7.31. The summed E-state index contributed by atoms with van der Waals surface area (Å²) in [6, 6.07) is 1.86. The van der Waals surface area contributed by atoms with Crippen LogP contribution in [0.15, 0.2) is 6.07 Å². The van der Waals surface area contributed by atoms with Gasteiger partial charge in [0.05, 0.1) is 24.9 Å². The summed E-state index contributed by atoms with van der Waals surface area (Å²) in [5.41, 5.74) is 6.61. The molecule has 1 atom stereocenters. The van der Waals surface area contributed by atoms with E-state index in [2.05, 4.69) is 5.10 Å². The van der Waals surface area contributed by atoms with Crippen LogP contribution in [0.5, 0.6) is 0 Å². The van der Waals surface area contributed by atoms with Gasteiger partial charge >= 0.3 is 0 Å². The lowest BCUT2D eigenvalue weighted by Gasteiger charge is -2.20. The number of nitrogens with zero attached hydrogens (tertiary/aromatic N) is 2. The van der Waals surface area contributed by atoms with Gasteiger partial charge in [-0.3, -0.25) is 4.68 Å². The molecule has 2 N–H and O–H groups in total. The molecule has 60 valence electrons. The topological polar surface area (TPSA) is 53.1 Å². The van der Waals surface area contributed by atoms with Crippen LogP contribution in [0.1, 0.15) is 18.7 Å². The number of nitrogen functional groups attached to an aromatic ring is 1. The average Bonchev–Trinajstić information content (AvgIpc) is 2.31. The zero-order valence-corrected chi connectivity index (χ0v) is 6.45. The number of anilines is 1. The summed E-state index contributed by atoms with van der Waals surface area (Å²) in [5.74, 6) is 0.581. The van der Waals surface area contributed by atoms with Gasteiger partial charge in [-0.05, 0) is 6.92 Å². The Morgan fingerprint density at radius 2 is 2.64 bits per heavy atom. The van der Waals surface area contributed by atoms with Crippen LogP contribution >= 0.6 is 0 Å². The van der Waals surface area contributed by atoms with Gasteiger partial charge in [0, 0.05) is 6.07 Å². The lowest BCUT2D eigenvalue weighted by molar-refractivity contribution is 0.0289. The van der Waals surface area contributed by atoms with Crippen LogP contribution < -0.4 is 5.73 Å². The maximum Gasteiger partial charge on any atom is 0.145 e. The van der Waals surface area contributed by atoms with Crippen molar-refractivity contribution < 1.29 is 4.74 Å². The van der Waals surface area contributed by atoms with Gasteiger partial charge in [0.25, 0.3) is 0 Å². The molecule has 4 nitrogen and oxygen atoms in total. The molecule has 0 aliphatic carbocycles. The van der Waals surface area contributed by atoms with E-state index in [1.165, 1.54) is 0 Å². The van der Waals surface area contributed by atoms with E-state index < -0.39 is 0 Å². The van der Waals surface area contributed by atoms with Gasteiger partial charge in [-0.2, -0.15) is 5.10 Å². The summed E-state index contributed by atoms with van der Waals surface area (Å²) in [5, 5.41) is 4.12. The van der Waals surface area contributed by atoms with Crippen LogP contribution in [0.2, 0.25) is 0 Å². The number of nitrogens with two attached hydrogens (primary N) is 1. The molecule has 1 aromatic heterocycles. The third-order valence-electron chi connectivity index (χ3n) is 1.92. The van der Waals surface area contributed by atoms with Crippen molar-refractivity contribution in [3.63, 3.8) is 0 Å². The highest BCUT2D eigenvalue weighted by Gasteiger charge is 2.17. The molecule has 1 aromatic rings. The van der Waals surface area contributed by atoms with Crippen molar-refractivity contribution in [2.24, 2.45) is 0 Å². The Hall–Kier alpha value is -1.03. The minimum absolute atomic E-state index is 0.133. The predicted octanol–water partition coefficient (Wildman–Crippen LogP) is 0.556. The molecule has 0 aromatic carbocycles. The van der Waals surface area contributed by atoms with Crippen molar-refractivity contribution in [2.75, 3.05) is 12.3 Å². The first-order valence-corrected chi connectivity index (χ1v) is 3.72. The van der Waals surface area contributed by atoms with E-state index in [-0.39, 0.29) is 6.10 Å². The molecule has 1 aliphatic heterocycles. The Kier molecular flexibility index (Phi) is 1.35. The first-order valence-electron chi connectivity index (χ1n) is 3.72. The Labute approximate surface area is 64.9 Å². The van der Waals surface area contributed by atoms with Crippen LogP contribution in [0, 0.1) is 0 Å². The summed E-state index contributed by atoms with van der Waals surface area (Å²) in [7, 11) is 0. The minimum atomic E-state index is 0.133. The fourth-order valence-electron chi connectivity index (χ4n) is 1.36. The monoisotopic (exact) mass is 153 g/mol. The van der Waals surface area contributed by atoms with Crippen LogP contribution in [0.4, 0.5) is 5.82 Å².